The highest BCUT2D eigenvalue weighted by Crippen LogP contribution is 2.23. The fraction of sp³-hybridized carbons (Fsp3) is 0.188. The van der Waals surface area contributed by atoms with Crippen LogP contribution >= 0.6 is 0 Å². The summed E-state index contributed by atoms with van der Waals surface area (Å²) in [6.07, 6.45) is 0. The number of hydrogen-bond donors (Lipinski definition) is 2. The van der Waals surface area contributed by atoms with Gasteiger partial charge in [0.25, 0.3) is 0 Å². The predicted octanol–water partition coefficient (Wildman–Crippen LogP) is 2.93. The maximum atomic E-state index is 14.2. The molecule has 0 atom stereocenters. The minimum Gasteiger partial charge on any atom is -0.497 e. The van der Waals surface area contributed by atoms with Gasteiger partial charge in [-0.05, 0) is 42.5 Å². The molecule has 2 aromatic rings. The van der Waals surface area contributed by atoms with Crippen LogP contribution in [0, 0.1) is 5.82 Å². The van der Waals surface area contributed by atoms with Crippen LogP contribution < -0.4 is 15.4 Å². The number of ether oxygens (including phenoxy) is 1. The Kier molecular flexibility index (Phi) is 3.73. The molecule has 4 nitrogen and oxygen atoms in total. The molecule has 0 aliphatic carbocycles. The van der Waals surface area contributed by atoms with Crippen molar-refractivity contribution in [3.63, 3.8) is 0 Å². The molecule has 0 saturated heterocycles. The third-order valence-electron chi connectivity index (χ3n) is 3.29. The number of anilines is 2. The van der Waals surface area contributed by atoms with Crippen LogP contribution in [-0.2, 0) is 0 Å². The van der Waals surface area contributed by atoms with Crippen molar-refractivity contribution in [2.45, 2.75) is 0 Å². The molecule has 21 heavy (non-hydrogen) atoms. The van der Waals surface area contributed by atoms with Gasteiger partial charge in [0.2, 0.25) is 0 Å². The Morgan fingerprint density at radius 2 is 2.00 bits per heavy atom. The van der Waals surface area contributed by atoms with Crippen molar-refractivity contribution in [1.29, 1.82) is 0 Å². The molecule has 0 radical (unpaired) electrons. The normalized spacial score (nSPS) is 13.5. The number of methoxy groups -OCH3 is 1. The Bertz CT molecular complexity index is 668. The summed E-state index contributed by atoms with van der Waals surface area (Å²) in [5, 5.41) is 6.18. The summed E-state index contributed by atoms with van der Waals surface area (Å²) >= 11 is 0. The lowest BCUT2D eigenvalue weighted by Gasteiger charge is -2.10. The van der Waals surface area contributed by atoms with E-state index in [4.69, 9.17) is 4.74 Å². The van der Waals surface area contributed by atoms with Gasteiger partial charge in [0, 0.05) is 17.8 Å². The molecule has 0 bridgehead atoms. The van der Waals surface area contributed by atoms with Crippen LogP contribution in [0.15, 0.2) is 47.5 Å². The molecule has 0 fully saturated rings. The molecule has 1 aliphatic rings. The lowest BCUT2D eigenvalue weighted by Crippen LogP contribution is -2.19. The third-order valence-corrected chi connectivity index (χ3v) is 3.29. The summed E-state index contributed by atoms with van der Waals surface area (Å²) in [5.41, 5.74) is 2.01. The average molecular weight is 285 g/mol. The third kappa shape index (κ3) is 2.97. The summed E-state index contributed by atoms with van der Waals surface area (Å²) in [6, 6.07) is 12.4. The first-order chi connectivity index (χ1) is 10.3. The van der Waals surface area contributed by atoms with Crippen molar-refractivity contribution < 1.29 is 9.13 Å². The Labute approximate surface area is 122 Å². The van der Waals surface area contributed by atoms with Crippen molar-refractivity contribution in [2.75, 3.05) is 25.5 Å². The number of nitrogens with one attached hydrogen (secondary N) is 2. The molecule has 108 valence electrons. The number of hydrogen-bond acceptors (Lipinski definition) is 4. The standard InChI is InChI=1S/C16H16FN3O/c1-21-13-5-3-12(4-6-13)20-15-7-2-11(10-14(15)17)16-18-8-9-19-16/h2-7,10,20H,8-9H2,1H3,(H,18,19). The van der Waals surface area contributed by atoms with Gasteiger partial charge in [-0.2, -0.15) is 0 Å². The number of amidine groups is 1. The van der Waals surface area contributed by atoms with Crippen molar-refractivity contribution >= 4 is 17.2 Å². The van der Waals surface area contributed by atoms with E-state index in [0.717, 1.165) is 35.9 Å². The van der Waals surface area contributed by atoms with Crippen LogP contribution in [0.4, 0.5) is 15.8 Å². The van der Waals surface area contributed by atoms with Crippen molar-refractivity contribution in [2.24, 2.45) is 4.99 Å². The second-order valence-corrected chi connectivity index (χ2v) is 4.71. The molecule has 5 heteroatoms. The predicted molar refractivity (Wildman–Crippen MR) is 82.1 cm³/mol. The summed E-state index contributed by atoms with van der Waals surface area (Å²) in [4.78, 5) is 4.28. The Hall–Kier alpha value is -2.56. The maximum absolute atomic E-state index is 14.2. The van der Waals surface area contributed by atoms with Crippen molar-refractivity contribution in [1.82, 2.24) is 5.32 Å². The van der Waals surface area contributed by atoms with E-state index in [1.165, 1.54) is 6.07 Å². The number of halogens is 1. The van der Waals surface area contributed by atoms with Gasteiger partial charge in [-0.15, -0.1) is 0 Å². The van der Waals surface area contributed by atoms with Gasteiger partial charge in [0.05, 0.1) is 19.3 Å². The van der Waals surface area contributed by atoms with Crippen LogP contribution in [-0.4, -0.2) is 26.0 Å². The number of benzene rings is 2. The Balaban J connectivity index is 1.78. The monoisotopic (exact) mass is 285 g/mol. The quantitative estimate of drug-likeness (QED) is 0.908. The van der Waals surface area contributed by atoms with E-state index in [2.05, 4.69) is 15.6 Å². The van der Waals surface area contributed by atoms with Crippen LogP contribution in [0.3, 0.4) is 0 Å². The summed E-state index contributed by atoms with van der Waals surface area (Å²) < 4.78 is 19.3. The molecule has 2 aromatic carbocycles. The first kappa shape index (κ1) is 13.4. The minimum absolute atomic E-state index is 0.306. The molecule has 0 amide bonds. The van der Waals surface area contributed by atoms with Gasteiger partial charge < -0.3 is 15.4 Å². The molecule has 0 spiro atoms. The highest BCUT2D eigenvalue weighted by molar-refractivity contribution is 6.00. The fourth-order valence-electron chi connectivity index (χ4n) is 2.18. The van der Waals surface area contributed by atoms with E-state index in [0.29, 0.717) is 5.69 Å². The number of rotatable bonds is 4. The lowest BCUT2D eigenvalue weighted by atomic mass is 10.1. The second-order valence-electron chi connectivity index (χ2n) is 4.71. The van der Waals surface area contributed by atoms with Gasteiger partial charge in [-0.3, -0.25) is 4.99 Å². The van der Waals surface area contributed by atoms with Crippen LogP contribution in [0.2, 0.25) is 0 Å². The van der Waals surface area contributed by atoms with E-state index in [1.54, 1.807) is 13.2 Å². The highest BCUT2D eigenvalue weighted by Gasteiger charge is 2.11. The van der Waals surface area contributed by atoms with Crippen LogP contribution in [0.25, 0.3) is 0 Å². The van der Waals surface area contributed by atoms with Gasteiger partial charge in [-0.1, -0.05) is 0 Å². The zero-order valence-electron chi connectivity index (χ0n) is 11.7. The smallest absolute Gasteiger partial charge is 0.147 e. The molecule has 0 saturated carbocycles. The summed E-state index contributed by atoms with van der Waals surface area (Å²) in [6.45, 7) is 1.55. The molecule has 0 unspecified atom stereocenters. The zero-order chi connectivity index (χ0) is 14.7. The molecule has 0 aromatic heterocycles. The minimum atomic E-state index is -0.306. The summed E-state index contributed by atoms with van der Waals surface area (Å²) in [5.74, 6) is 1.21. The second kappa shape index (κ2) is 5.83. The first-order valence-corrected chi connectivity index (χ1v) is 6.75. The Morgan fingerprint density at radius 3 is 2.62 bits per heavy atom. The van der Waals surface area contributed by atoms with E-state index < -0.39 is 0 Å². The van der Waals surface area contributed by atoms with Gasteiger partial charge >= 0.3 is 0 Å². The van der Waals surface area contributed by atoms with Crippen LogP contribution in [0.1, 0.15) is 5.56 Å². The molecular formula is C16H16FN3O. The number of aliphatic imine (C=N–C) groups is 1. The van der Waals surface area contributed by atoms with Gasteiger partial charge in [-0.25, -0.2) is 4.39 Å². The summed E-state index contributed by atoms with van der Waals surface area (Å²) in [7, 11) is 1.61. The van der Waals surface area contributed by atoms with E-state index >= 15 is 0 Å². The molecule has 2 N–H and O–H groups in total. The highest BCUT2D eigenvalue weighted by atomic mass is 19.1. The lowest BCUT2D eigenvalue weighted by molar-refractivity contribution is 0.415. The van der Waals surface area contributed by atoms with Crippen molar-refractivity contribution in [3.05, 3.63) is 53.8 Å². The fourth-order valence-corrected chi connectivity index (χ4v) is 2.18. The van der Waals surface area contributed by atoms with Crippen LogP contribution in [0.5, 0.6) is 5.75 Å². The van der Waals surface area contributed by atoms with Crippen molar-refractivity contribution in [3.8, 4) is 5.75 Å². The van der Waals surface area contributed by atoms with Gasteiger partial charge in [0.1, 0.15) is 17.4 Å². The molecular weight excluding hydrogens is 269 g/mol. The molecule has 3 rings (SSSR count). The average Bonchev–Trinajstić information content (AvgIpc) is 3.04. The zero-order valence-corrected chi connectivity index (χ0v) is 11.7. The molecule has 1 aliphatic heterocycles. The first-order valence-electron chi connectivity index (χ1n) is 6.75. The number of nitrogens with zero attached hydrogens (tertiary/aromatic N) is 1. The maximum Gasteiger partial charge on any atom is 0.147 e. The van der Waals surface area contributed by atoms with E-state index in [9.17, 15) is 4.39 Å². The van der Waals surface area contributed by atoms with Gasteiger partial charge in [0.15, 0.2) is 0 Å². The largest absolute Gasteiger partial charge is 0.497 e. The Morgan fingerprint density at radius 1 is 1.19 bits per heavy atom. The van der Waals surface area contributed by atoms with E-state index in [-0.39, 0.29) is 5.82 Å². The molecule has 1 heterocycles. The van der Waals surface area contributed by atoms with E-state index in [1.807, 2.05) is 30.3 Å². The topological polar surface area (TPSA) is 45.6 Å². The SMILES string of the molecule is COc1ccc(Nc2ccc(C3=NCCN3)cc2F)cc1.